The number of rotatable bonds is 6. The summed E-state index contributed by atoms with van der Waals surface area (Å²) in [5.41, 5.74) is 0.999. The van der Waals surface area contributed by atoms with Gasteiger partial charge in [-0.3, -0.25) is 4.79 Å². The Kier molecular flexibility index (Phi) is 4.99. The van der Waals surface area contributed by atoms with E-state index in [0.717, 1.165) is 29.9 Å². The Balaban J connectivity index is 2.19. The van der Waals surface area contributed by atoms with Crippen LogP contribution >= 0.6 is 0 Å². The van der Waals surface area contributed by atoms with Crippen LogP contribution in [0.4, 0.5) is 0 Å². The summed E-state index contributed by atoms with van der Waals surface area (Å²) in [5, 5.41) is 0. The molecule has 0 unspecified atom stereocenters. The van der Waals surface area contributed by atoms with Gasteiger partial charge in [0.1, 0.15) is 11.5 Å². The first kappa shape index (κ1) is 16.7. The molecule has 0 radical (unpaired) electrons. The van der Waals surface area contributed by atoms with Crippen LogP contribution in [0.25, 0.3) is 0 Å². The molecular formula is C18H27NO3. The van der Waals surface area contributed by atoms with Gasteiger partial charge in [0, 0.05) is 24.6 Å². The maximum absolute atomic E-state index is 12.7. The second-order valence-electron chi connectivity index (χ2n) is 7.17. The van der Waals surface area contributed by atoms with E-state index in [-0.39, 0.29) is 11.3 Å². The Morgan fingerprint density at radius 3 is 2.41 bits per heavy atom. The smallest absolute Gasteiger partial charge is 0.223 e. The van der Waals surface area contributed by atoms with Crippen molar-refractivity contribution >= 4 is 5.91 Å². The topological polar surface area (TPSA) is 38.8 Å². The van der Waals surface area contributed by atoms with Gasteiger partial charge in [-0.2, -0.15) is 0 Å². The molecule has 1 aliphatic carbocycles. The first-order chi connectivity index (χ1) is 10.3. The third kappa shape index (κ3) is 4.39. The second kappa shape index (κ2) is 6.59. The van der Waals surface area contributed by atoms with Crippen molar-refractivity contribution in [2.75, 3.05) is 14.2 Å². The number of amides is 1. The monoisotopic (exact) mass is 305 g/mol. The molecule has 0 aliphatic heterocycles. The van der Waals surface area contributed by atoms with Gasteiger partial charge in [-0.15, -0.1) is 0 Å². The van der Waals surface area contributed by atoms with Gasteiger partial charge < -0.3 is 14.4 Å². The van der Waals surface area contributed by atoms with E-state index < -0.39 is 0 Å². The zero-order valence-electron chi connectivity index (χ0n) is 14.3. The van der Waals surface area contributed by atoms with Crippen molar-refractivity contribution in [3.8, 4) is 11.5 Å². The summed E-state index contributed by atoms with van der Waals surface area (Å²) in [6.45, 7) is 6.88. The third-order valence-corrected chi connectivity index (χ3v) is 3.82. The van der Waals surface area contributed by atoms with E-state index in [1.165, 1.54) is 0 Å². The van der Waals surface area contributed by atoms with Crippen molar-refractivity contribution in [2.45, 2.75) is 52.6 Å². The Morgan fingerprint density at radius 2 is 1.91 bits per heavy atom. The molecule has 0 aromatic heterocycles. The molecule has 22 heavy (non-hydrogen) atoms. The number of hydrogen-bond acceptors (Lipinski definition) is 3. The van der Waals surface area contributed by atoms with Crippen molar-refractivity contribution < 1.29 is 14.3 Å². The molecule has 0 saturated heterocycles. The minimum atomic E-state index is 0.00267. The highest BCUT2D eigenvalue weighted by atomic mass is 16.5. The lowest BCUT2D eigenvalue weighted by molar-refractivity contribution is -0.134. The molecule has 0 N–H and O–H groups in total. The van der Waals surface area contributed by atoms with Crippen LogP contribution in [0.15, 0.2) is 18.2 Å². The molecule has 0 heterocycles. The fraction of sp³-hybridized carbons (Fsp3) is 0.611. The minimum Gasteiger partial charge on any atom is -0.497 e. The van der Waals surface area contributed by atoms with Crippen molar-refractivity contribution in [1.29, 1.82) is 0 Å². The fourth-order valence-corrected chi connectivity index (χ4v) is 2.55. The van der Waals surface area contributed by atoms with E-state index in [1.807, 2.05) is 23.1 Å². The van der Waals surface area contributed by atoms with Crippen molar-refractivity contribution in [1.82, 2.24) is 4.90 Å². The summed E-state index contributed by atoms with van der Waals surface area (Å²) in [4.78, 5) is 14.7. The summed E-state index contributed by atoms with van der Waals surface area (Å²) < 4.78 is 10.7. The summed E-state index contributed by atoms with van der Waals surface area (Å²) in [7, 11) is 3.30. The Bertz CT molecular complexity index is 530. The molecule has 0 atom stereocenters. The van der Waals surface area contributed by atoms with Crippen molar-refractivity contribution in [3.05, 3.63) is 23.8 Å². The quantitative estimate of drug-likeness (QED) is 0.805. The van der Waals surface area contributed by atoms with Gasteiger partial charge in [0.2, 0.25) is 5.91 Å². The van der Waals surface area contributed by atoms with Gasteiger partial charge >= 0.3 is 0 Å². The molecule has 1 amide bonds. The molecule has 0 spiro atoms. The molecule has 1 aromatic rings. The van der Waals surface area contributed by atoms with Crippen LogP contribution in [0.1, 0.15) is 45.6 Å². The average Bonchev–Trinajstić information content (AvgIpc) is 3.26. The maximum atomic E-state index is 12.7. The zero-order chi connectivity index (χ0) is 16.3. The first-order valence-corrected chi connectivity index (χ1v) is 7.84. The predicted octanol–water partition coefficient (Wildman–Crippen LogP) is 3.63. The molecule has 1 aromatic carbocycles. The van der Waals surface area contributed by atoms with Crippen LogP contribution in [-0.4, -0.2) is 31.1 Å². The minimum absolute atomic E-state index is 0.00267. The molecule has 0 bridgehead atoms. The zero-order valence-corrected chi connectivity index (χ0v) is 14.3. The first-order valence-electron chi connectivity index (χ1n) is 7.84. The van der Waals surface area contributed by atoms with Gasteiger partial charge in [-0.05, 0) is 36.5 Å². The van der Waals surface area contributed by atoms with Crippen molar-refractivity contribution in [3.63, 3.8) is 0 Å². The number of ether oxygens (including phenoxy) is 2. The van der Waals surface area contributed by atoms with E-state index in [9.17, 15) is 4.79 Å². The fourth-order valence-electron chi connectivity index (χ4n) is 2.55. The Hall–Kier alpha value is -1.71. The van der Waals surface area contributed by atoms with Crippen molar-refractivity contribution in [2.24, 2.45) is 5.41 Å². The van der Waals surface area contributed by atoms with Crippen LogP contribution < -0.4 is 9.47 Å². The number of nitrogens with zero attached hydrogens (tertiary/aromatic N) is 1. The second-order valence-corrected chi connectivity index (χ2v) is 7.17. The number of hydrogen-bond donors (Lipinski definition) is 0. The van der Waals surface area contributed by atoms with Crippen LogP contribution in [0.2, 0.25) is 0 Å². The van der Waals surface area contributed by atoms with E-state index in [0.29, 0.717) is 19.0 Å². The maximum Gasteiger partial charge on any atom is 0.223 e. The molecule has 4 nitrogen and oxygen atoms in total. The summed E-state index contributed by atoms with van der Waals surface area (Å²) >= 11 is 0. The number of carbonyl (C=O) groups is 1. The Morgan fingerprint density at radius 1 is 1.23 bits per heavy atom. The van der Waals surface area contributed by atoms with Crippen LogP contribution in [0.3, 0.4) is 0 Å². The van der Waals surface area contributed by atoms with Crippen LogP contribution in [-0.2, 0) is 11.3 Å². The van der Waals surface area contributed by atoms with E-state index in [2.05, 4.69) is 20.8 Å². The molecule has 122 valence electrons. The van der Waals surface area contributed by atoms with Gasteiger partial charge in [0.05, 0.1) is 14.2 Å². The molecule has 1 aliphatic rings. The van der Waals surface area contributed by atoms with Gasteiger partial charge in [-0.25, -0.2) is 0 Å². The molecule has 1 fully saturated rings. The Labute approximate surface area is 133 Å². The highest BCUT2D eigenvalue weighted by molar-refractivity contribution is 5.77. The highest BCUT2D eigenvalue weighted by Crippen LogP contribution is 2.33. The van der Waals surface area contributed by atoms with Gasteiger partial charge in [0.25, 0.3) is 0 Å². The SMILES string of the molecule is COc1ccc(OC)c(CN(C(=O)CC(C)(C)C)C2CC2)c1. The summed E-state index contributed by atoms with van der Waals surface area (Å²) in [5.74, 6) is 1.81. The molecular weight excluding hydrogens is 278 g/mol. The lowest BCUT2D eigenvalue weighted by Crippen LogP contribution is -2.35. The van der Waals surface area contributed by atoms with Gasteiger partial charge in [-0.1, -0.05) is 20.8 Å². The predicted molar refractivity (Wildman–Crippen MR) is 87.2 cm³/mol. The molecule has 4 heteroatoms. The lowest BCUT2D eigenvalue weighted by atomic mass is 9.91. The lowest BCUT2D eigenvalue weighted by Gasteiger charge is -2.27. The number of carbonyl (C=O) groups excluding carboxylic acids is 1. The third-order valence-electron chi connectivity index (χ3n) is 3.82. The highest BCUT2D eigenvalue weighted by Gasteiger charge is 2.34. The molecule has 2 rings (SSSR count). The standard InChI is InChI=1S/C18H27NO3/c1-18(2,3)11-17(20)19(14-6-7-14)12-13-10-15(21-4)8-9-16(13)22-5/h8-10,14H,6-7,11-12H2,1-5H3. The normalized spacial score (nSPS) is 14.6. The van der Waals surface area contributed by atoms with Gasteiger partial charge in [0.15, 0.2) is 0 Å². The van der Waals surface area contributed by atoms with E-state index in [4.69, 9.17) is 9.47 Å². The number of methoxy groups -OCH3 is 2. The summed E-state index contributed by atoms with van der Waals surface area (Å²) in [6.07, 6.45) is 2.76. The van der Waals surface area contributed by atoms with E-state index in [1.54, 1.807) is 14.2 Å². The molecule has 1 saturated carbocycles. The van der Waals surface area contributed by atoms with E-state index >= 15 is 0 Å². The summed E-state index contributed by atoms with van der Waals surface area (Å²) in [6, 6.07) is 6.11. The van der Waals surface area contributed by atoms with Crippen LogP contribution in [0, 0.1) is 5.41 Å². The number of benzene rings is 1. The average molecular weight is 305 g/mol. The van der Waals surface area contributed by atoms with Crippen LogP contribution in [0.5, 0.6) is 11.5 Å². The largest absolute Gasteiger partial charge is 0.497 e.